The van der Waals surface area contributed by atoms with Gasteiger partial charge in [0, 0.05) is 11.0 Å². The lowest BCUT2D eigenvalue weighted by Crippen LogP contribution is -2.58. The zero-order valence-corrected chi connectivity index (χ0v) is 10.2. The van der Waals surface area contributed by atoms with E-state index < -0.39 is 0 Å². The summed E-state index contributed by atoms with van der Waals surface area (Å²) in [5.41, 5.74) is 0.872. The van der Waals surface area contributed by atoms with E-state index in [0.717, 1.165) is 22.5 Å². The monoisotopic (exact) mass is 282 g/mol. The van der Waals surface area contributed by atoms with Crippen LogP contribution in [-0.2, 0) is 4.79 Å². The van der Waals surface area contributed by atoms with E-state index in [4.69, 9.17) is 4.74 Å². The van der Waals surface area contributed by atoms with Crippen LogP contribution < -0.4 is 15.0 Å². The van der Waals surface area contributed by atoms with Crippen LogP contribution in [0.3, 0.4) is 0 Å². The second kappa shape index (κ2) is 3.75. The van der Waals surface area contributed by atoms with Crippen LogP contribution in [0.25, 0.3) is 0 Å². The van der Waals surface area contributed by atoms with Gasteiger partial charge >= 0.3 is 0 Å². The first kappa shape index (κ1) is 10.1. The lowest BCUT2D eigenvalue weighted by Gasteiger charge is -2.40. The van der Waals surface area contributed by atoms with Crippen LogP contribution >= 0.6 is 15.9 Å². The Balaban J connectivity index is 2.08. The Morgan fingerprint density at radius 3 is 3.25 bits per heavy atom. The van der Waals surface area contributed by atoms with E-state index in [2.05, 4.69) is 21.2 Å². The average molecular weight is 283 g/mol. The van der Waals surface area contributed by atoms with Gasteiger partial charge in [0.2, 0.25) is 5.91 Å². The molecule has 0 saturated carbocycles. The maximum Gasteiger partial charge on any atom is 0.241 e. The van der Waals surface area contributed by atoms with Crippen molar-refractivity contribution in [2.75, 3.05) is 24.6 Å². The average Bonchev–Trinajstić information content (AvgIpc) is 2.28. The molecule has 1 aromatic carbocycles. The van der Waals surface area contributed by atoms with Gasteiger partial charge in [0.15, 0.2) is 0 Å². The second-order valence-electron chi connectivity index (χ2n) is 3.97. The largest absolute Gasteiger partial charge is 0.489 e. The third-order valence-corrected chi connectivity index (χ3v) is 3.40. The first-order valence-electron chi connectivity index (χ1n) is 5.21. The minimum atomic E-state index is 0.110. The van der Waals surface area contributed by atoms with E-state index in [0.29, 0.717) is 13.2 Å². The van der Waals surface area contributed by atoms with Crippen molar-refractivity contribution in [3.05, 3.63) is 22.7 Å². The number of nitrogens with zero attached hydrogens (tertiary/aromatic N) is 1. The summed E-state index contributed by atoms with van der Waals surface area (Å²) in [5, 5.41) is 3.10. The van der Waals surface area contributed by atoms with Crippen molar-refractivity contribution in [1.82, 2.24) is 5.32 Å². The molecule has 1 unspecified atom stereocenters. The molecule has 84 valence electrons. The molecule has 4 nitrogen and oxygen atoms in total. The van der Waals surface area contributed by atoms with Gasteiger partial charge in [-0.3, -0.25) is 9.69 Å². The van der Waals surface area contributed by atoms with E-state index in [1.54, 1.807) is 0 Å². The van der Waals surface area contributed by atoms with E-state index in [-0.39, 0.29) is 11.9 Å². The Bertz CT molecular complexity index is 450. The minimum Gasteiger partial charge on any atom is -0.489 e. The molecular weight excluding hydrogens is 272 g/mol. The van der Waals surface area contributed by atoms with Gasteiger partial charge in [0.1, 0.15) is 12.4 Å². The smallest absolute Gasteiger partial charge is 0.241 e. The van der Waals surface area contributed by atoms with Gasteiger partial charge in [-0.2, -0.15) is 0 Å². The van der Waals surface area contributed by atoms with Crippen LogP contribution in [-0.4, -0.2) is 31.6 Å². The summed E-state index contributed by atoms with van der Waals surface area (Å²) in [7, 11) is 0. The molecule has 0 aliphatic carbocycles. The molecular formula is C11H11BrN2O2. The van der Waals surface area contributed by atoms with Crippen molar-refractivity contribution in [2.45, 2.75) is 6.04 Å². The van der Waals surface area contributed by atoms with Crippen LogP contribution in [0.2, 0.25) is 0 Å². The molecule has 1 atom stereocenters. The Hall–Kier alpha value is -1.07. The van der Waals surface area contributed by atoms with Crippen molar-refractivity contribution in [3.8, 4) is 5.75 Å². The fraction of sp³-hybridized carbons (Fsp3) is 0.364. The van der Waals surface area contributed by atoms with Gasteiger partial charge in [0.05, 0.1) is 18.3 Å². The van der Waals surface area contributed by atoms with Crippen LogP contribution in [0.5, 0.6) is 5.75 Å². The second-order valence-corrected chi connectivity index (χ2v) is 4.89. The lowest BCUT2D eigenvalue weighted by molar-refractivity contribution is -0.119. The Morgan fingerprint density at radius 1 is 1.50 bits per heavy atom. The number of rotatable bonds is 0. The molecule has 1 N–H and O–H groups in total. The summed E-state index contributed by atoms with van der Waals surface area (Å²) in [4.78, 5) is 13.7. The molecule has 0 spiro atoms. The molecule has 16 heavy (non-hydrogen) atoms. The SMILES string of the molecule is O=C1CNCC2COc3ccc(Br)cc3N12. The maximum atomic E-state index is 11.9. The van der Waals surface area contributed by atoms with E-state index in [9.17, 15) is 4.79 Å². The molecule has 1 amide bonds. The summed E-state index contributed by atoms with van der Waals surface area (Å²) in [6, 6.07) is 5.87. The Morgan fingerprint density at radius 2 is 2.38 bits per heavy atom. The highest BCUT2D eigenvalue weighted by Gasteiger charge is 2.34. The van der Waals surface area contributed by atoms with Crippen LogP contribution in [0.4, 0.5) is 5.69 Å². The number of halogens is 1. The number of fused-ring (bicyclic) bond motifs is 3. The third kappa shape index (κ3) is 1.51. The van der Waals surface area contributed by atoms with Gasteiger partial charge in [-0.25, -0.2) is 0 Å². The first-order valence-corrected chi connectivity index (χ1v) is 6.00. The number of nitrogens with one attached hydrogen (secondary N) is 1. The fourth-order valence-corrected chi connectivity index (χ4v) is 2.53. The summed E-state index contributed by atoms with van der Waals surface area (Å²) in [5.74, 6) is 0.897. The molecule has 2 heterocycles. The molecule has 0 aromatic heterocycles. The summed E-state index contributed by atoms with van der Waals surface area (Å²) < 4.78 is 6.60. The van der Waals surface area contributed by atoms with Crippen LogP contribution in [0.15, 0.2) is 22.7 Å². The maximum absolute atomic E-state index is 11.9. The molecule has 3 rings (SSSR count). The van der Waals surface area contributed by atoms with Crippen molar-refractivity contribution in [3.63, 3.8) is 0 Å². The molecule has 1 aromatic rings. The first-order chi connectivity index (χ1) is 7.75. The highest BCUT2D eigenvalue weighted by atomic mass is 79.9. The van der Waals surface area contributed by atoms with Crippen molar-refractivity contribution >= 4 is 27.5 Å². The van der Waals surface area contributed by atoms with Crippen LogP contribution in [0, 0.1) is 0 Å². The number of benzene rings is 1. The zero-order valence-electron chi connectivity index (χ0n) is 8.57. The molecule has 5 heteroatoms. The summed E-state index contributed by atoms with van der Waals surface area (Å²) in [6.45, 7) is 1.76. The number of hydrogen-bond acceptors (Lipinski definition) is 3. The molecule has 2 aliphatic heterocycles. The predicted molar refractivity (Wildman–Crippen MR) is 63.8 cm³/mol. The number of carbonyl (C=O) groups excluding carboxylic acids is 1. The van der Waals surface area contributed by atoms with Crippen LogP contribution in [0.1, 0.15) is 0 Å². The number of amides is 1. The topological polar surface area (TPSA) is 41.6 Å². The van der Waals surface area contributed by atoms with E-state index in [1.165, 1.54) is 0 Å². The van der Waals surface area contributed by atoms with Gasteiger partial charge in [-0.15, -0.1) is 0 Å². The highest BCUT2D eigenvalue weighted by Crippen LogP contribution is 2.36. The summed E-state index contributed by atoms with van der Waals surface area (Å²) >= 11 is 3.42. The number of piperazine rings is 1. The molecule has 1 fully saturated rings. The molecule has 1 saturated heterocycles. The van der Waals surface area contributed by atoms with Crippen molar-refractivity contribution in [1.29, 1.82) is 0 Å². The number of hydrogen-bond donors (Lipinski definition) is 1. The third-order valence-electron chi connectivity index (χ3n) is 2.90. The molecule has 0 radical (unpaired) electrons. The highest BCUT2D eigenvalue weighted by molar-refractivity contribution is 9.10. The van der Waals surface area contributed by atoms with E-state index in [1.807, 2.05) is 23.1 Å². The van der Waals surface area contributed by atoms with E-state index >= 15 is 0 Å². The summed E-state index contributed by atoms with van der Waals surface area (Å²) in [6.07, 6.45) is 0. The number of ether oxygens (including phenoxy) is 1. The molecule has 0 bridgehead atoms. The Labute approximate surface area is 102 Å². The zero-order chi connectivity index (χ0) is 11.1. The normalized spacial score (nSPS) is 23.4. The van der Waals surface area contributed by atoms with Crippen molar-refractivity contribution in [2.24, 2.45) is 0 Å². The van der Waals surface area contributed by atoms with Crippen molar-refractivity contribution < 1.29 is 9.53 Å². The van der Waals surface area contributed by atoms with Gasteiger partial charge in [0.25, 0.3) is 0 Å². The fourth-order valence-electron chi connectivity index (χ4n) is 2.18. The van der Waals surface area contributed by atoms with Gasteiger partial charge in [-0.05, 0) is 18.2 Å². The quantitative estimate of drug-likeness (QED) is 0.776. The number of anilines is 1. The van der Waals surface area contributed by atoms with Gasteiger partial charge in [-0.1, -0.05) is 15.9 Å². The number of carbonyl (C=O) groups is 1. The predicted octanol–water partition coefficient (Wildman–Crippen LogP) is 1.15. The minimum absolute atomic E-state index is 0.110. The molecule has 2 aliphatic rings. The van der Waals surface area contributed by atoms with Gasteiger partial charge < -0.3 is 10.1 Å². The standard InChI is InChI=1S/C11H11BrN2O2/c12-7-1-2-10-9(3-7)14-8(6-16-10)4-13-5-11(14)15/h1-3,8,13H,4-6H2. The Kier molecular flexibility index (Phi) is 2.37. The lowest BCUT2D eigenvalue weighted by atomic mass is 10.1.